The number of hydrogen-bond acceptors (Lipinski definition) is 2. The van der Waals surface area contributed by atoms with Gasteiger partial charge in [0, 0.05) is 0 Å². The van der Waals surface area contributed by atoms with E-state index in [0.29, 0.717) is 17.4 Å². The molecule has 0 heterocycles. The average molecular weight is 541 g/mol. The summed E-state index contributed by atoms with van der Waals surface area (Å²) in [5.41, 5.74) is 0.295. The Bertz CT molecular complexity index is 851. The maximum absolute atomic E-state index is 15.0. The summed E-state index contributed by atoms with van der Waals surface area (Å²) >= 11 is 0. The highest BCUT2D eigenvalue weighted by Crippen LogP contribution is 2.45. The molecule has 0 N–H and O–H groups in total. The molecule has 1 aromatic rings. The maximum Gasteiger partial charge on any atom is 0.422 e. The molecule has 0 aliphatic heterocycles. The summed E-state index contributed by atoms with van der Waals surface area (Å²) in [4.78, 5) is 0. The van der Waals surface area contributed by atoms with Gasteiger partial charge in [0.25, 0.3) is 0 Å². The molecule has 3 fully saturated rings. The predicted octanol–water partition coefficient (Wildman–Crippen LogP) is 10.2. The van der Waals surface area contributed by atoms with Crippen LogP contribution in [0.2, 0.25) is 0 Å². The highest BCUT2D eigenvalue weighted by atomic mass is 19.3. The standard InChI is InChI=1S/C32H48F4O2/c1-3-5-6-23-7-11-24(12-8-23)25-13-15-26(16-14-25)28-19-20-29(31(34)30(28)33)38-32(35,36)21-37-27-17-9-22(4-2)10-18-27/h19-20,22-27H,3-18,21H2,1-2H3. The van der Waals surface area contributed by atoms with Gasteiger partial charge in [0.15, 0.2) is 18.2 Å². The molecule has 0 saturated heterocycles. The average Bonchev–Trinajstić information content (AvgIpc) is 2.94. The van der Waals surface area contributed by atoms with E-state index in [1.807, 2.05) is 0 Å². The normalized spacial score (nSPS) is 30.8. The van der Waals surface area contributed by atoms with E-state index in [0.717, 1.165) is 75.7 Å². The van der Waals surface area contributed by atoms with Crippen LogP contribution in [0.25, 0.3) is 0 Å². The van der Waals surface area contributed by atoms with Crippen LogP contribution in [0.4, 0.5) is 17.6 Å². The Kier molecular flexibility index (Phi) is 10.8. The van der Waals surface area contributed by atoms with E-state index in [1.54, 1.807) is 0 Å². The fourth-order valence-corrected chi connectivity index (χ4v) is 7.40. The molecule has 3 aliphatic carbocycles. The van der Waals surface area contributed by atoms with Gasteiger partial charge >= 0.3 is 6.11 Å². The molecule has 0 aromatic heterocycles. The van der Waals surface area contributed by atoms with E-state index >= 15 is 4.39 Å². The first kappa shape index (κ1) is 29.7. The summed E-state index contributed by atoms with van der Waals surface area (Å²) in [5, 5.41) is 0. The lowest BCUT2D eigenvalue weighted by molar-refractivity contribution is -0.223. The Labute approximate surface area is 227 Å². The van der Waals surface area contributed by atoms with Gasteiger partial charge in [-0.05, 0) is 105 Å². The number of unbranched alkanes of at least 4 members (excludes halogenated alkanes) is 1. The Balaban J connectivity index is 1.25. The lowest BCUT2D eigenvalue weighted by atomic mass is 9.68. The van der Waals surface area contributed by atoms with Gasteiger partial charge in [-0.2, -0.15) is 13.2 Å². The predicted molar refractivity (Wildman–Crippen MR) is 144 cm³/mol. The highest BCUT2D eigenvalue weighted by molar-refractivity contribution is 5.33. The fraction of sp³-hybridized carbons (Fsp3) is 0.812. The third-order valence-corrected chi connectivity index (χ3v) is 9.93. The Morgan fingerprint density at radius 2 is 1.37 bits per heavy atom. The van der Waals surface area contributed by atoms with Gasteiger partial charge in [-0.1, -0.05) is 58.4 Å². The van der Waals surface area contributed by atoms with E-state index in [2.05, 4.69) is 18.6 Å². The monoisotopic (exact) mass is 540 g/mol. The first-order valence-electron chi connectivity index (χ1n) is 15.5. The van der Waals surface area contributed by atoms with Crippen LogP contribution < -0.4 is 4.74 Å². The summed E-state index contributed by atoms with van der Waals surface area (Å²) in [5.74, 6) is -0.231. The van der Waals surface area contributed by atoms with Gasteiger partial charge in [0.1, 0.15) is 0 Å². The maximum atomic E-state index is 15.0. The molecule has 1 aromatic carbocycles. The molecule has 0 amide bonds. The van der Waals surface area contributed by atoms with Crippen molar-refractivity contribution in [2.24, 2.45) is 23.7 Å². The van der Waals surface area contributed by atoms with Gasteiger partial charge in [-0.3, -0.25) is 0 Å². The largest absolute Gasteiger partial charge is 0.428 e. The van der Waals surface area contributed by atoms with Crippen LogP contribution in [0, 0.1) is 35.3 Å². The SMILES string of the molecule is CCCCC1CCC(C2CCC(c3ccc(OC(F)(F)COC4CCC(CC)CC4)c(F)c3F)CC2)CC1. The van der Waals surface area contributed by atoms with Crippen molar-refractivity contribution in [2.75, 3.05) is 6.61 Å². The van der Waals surface area contributed by atoms with E-state index in [1.165, 1.54) is 51.0 Å². The van der Waals surface area contributed by atoms with Gasteiger partial charge < -0.3 is 9.47 Å². The molecule has 3 aliphatic rings. The molecule has 0 spiro atoms. The van der Waals surface area contributed by atoms with Crippen molar-refractivity contribution in [3.05, 3.63) is 29.3 Å². The molecular formula is C32H48F4O2. The topological polar surface area (TPSA) is 18.5 Å². The van der Waals surface area contributed by atoms with Crippen molar-refractivity contribution >= 4 is 0 Å². The molecule has 38 heavy (non-hydrogen) atoms. The summed E-state index contributed by atoms with van der Waals surface area (Å²) in [6.45, 7) is 3.43. The number of alkyl halides is 2. The second kappa shape index (κ2) is 13.9. The molecule has 0 atom stereocenters. The number of benzene rings is 1. The van der Waals surface area contributed by atoms with Crippen LogP contribution in [0.3, 0.4) is 0 Å². The van der Waals surface area contributed by atoms with Crippen LogP contribution in [-0.2, 0) is 4.74 Å². The molecule has 0 radical (unpaired) electrons. The lowest BCUT2D eigenvalue weighted by Gasteiger charge is -2.38. The molecule has 3 saturated carbocycles. The van der Waals surface area contributed by atoms with Gasteiger partial charge in [-0.25, -0.2) is 4.39 Å². The third-order valence-electron chi connectivity index (χ3n) is 9.93. The highest BCUT2D eigenvalue weighted by Gasteiger charge is 2.37. The zero-order valence-electron chi connectivity index (χ0n) is 23.5. The number of halogens is 4. The summed E-state index contributed by atoms with van der Waals surface area (Å²) < 4.78 is 68.8. The summed E-state index contributed by atoms with van der Waals surface area (Å²) in [6, 6.07) is 2.61. The molecule has 216 valence electrons. The molecule has 0 unspecified atom stereocenters. The van der Waals surface area contributed by atoms with Crippen molar-refractivity contribution in [3.8, 4) is 5.75 Å². The number of ether oxygens (including phenoxy) is 2. The van der Waals surface area contributed by atoms with E-state index < -0.39 is 30.1 Å². The fourth-order valence-electron chi connectivity index (χ4n) is 7.40. The zero-order valence-corrected chi connectivity index (χ0v) is 23.5. The van der Waals surface area contributed by atoms with Gasteiger partial charge in [0.2, 0.25) is 5.82 Å². The van der Waals surface area contributed by atoms with Crippen LogP contribution >= 0.6 is 0 Å². The Morgan fingerprint density at radius 1 is 0.763 bits per heavy atom. The van der Waals surface area contributed by atoms with Crippen molar-refractivity contribution in [1.29, 1.82) is 0 Å². The molecule has 4 rings (SSSR count). The molecule has 2 nitrogen and oxygen atoms in total. The third kappa shape index (κ3) is 7.88. The molecular weight excluding hydrogens is 492 g/mol. The number of hydrogen-bond donors (Lipinski definition) is 0. The first-order chi connectivity index (χ1) is 18.3. The lowest BCUT2D eigenvalue weighted by Crippen LogP contribution is -2.34. The first-order valence-corrected chi connectivity index (χ1v) is 15.5. The van der Waals surface area contributed by atoms with Crippen LogP contribution in [0.1, 0.15) is 128 Å². The quantitative estimate of drug-likeness (QED) is 0.260. The Hall–Kier alpha value is -1.30. The van der Waals surface area contributed by atoms with E-state index in [-0.39, 0.29) is 12.0 Å². The number of rotatable bonds is 11. The minimum atomic E-state index is -3.72. The summed E-state index contributed by atoms with van der Waals surface area (Å²) in [6.07, 6.45) is 13.5. The smallest absolute Gasteiger partial charge is 0.422 e. The minimum Gasteiger partial charge on any atom is -0.428 e. The second-order valence-corrected chi connectivity index (χ2v) is 12.4. The van der Waals surface area contributed by atoms with Crippen LogP contribution in [0.5, 0.6) is 5.75 Å². The van der Waals surface area contributed by atoms with Crippen LogP contribution in [-0.4, -0.2) is 18.8 Å². The zero-order chi connectivity index (χ0) is 27.1. The molecule has 0 bridgehead atoms. The van der Waals surface area contributed by atoms with E-state index in [9.17, 15) is 13.2 Å². The van der Waals surface area contributed by atoms with Crippen molar-refractivity contribution in [2.45, 2.75) is 135 Å². The van der Waals surface area contributed by atoms with Gasteiger partial charge in [0.05, 0.1) is 6.10 Å². The Morgan fingerprint density at radius 3 is 1.97 bits per heavy atom. The van der Waals surface area contributed by atoms with E-state index in [4.69, 9.17) is 4.74 Å². The van der Waals surface area contributed by atoms with Crippen molar-refractivity contribution < 1.29 is 27.0 Å². The van der Waals surface area contributed by atoms with Crippen molar-refractivity contribution in [3.63, 3.8) is 0 Å². The second-order valence-electron chi connectivity index (χ2n) is 12.4. The molecule has 6 heteroatoms. The van der Waals surface area contributed by atoms with Crippen molar-refractivity contribution in [1.82, 2.24) is 0 Å². The minimum absolute atomic E-state index is 0.0715. The van der Waals surface area contributed by atoms with Crippen LogP contribution in [0.15, 0.2) is 12.1 Å². The summed E-state index contributed by atoms with van der Waals surface area (Å²) in [7, 11) is 0. The van der Waals surface area contributed by atoms with Gasteiger partial charge in [-0.15, -0.1) is 0 Å².